The minimum absolute atomic E-state index is 0.0102. The molecule has 0 saturated carbocycles. The Hall–Kier alpha value is -2.76. The summed E-state index contributed by atoms with van der Waals surface area (Å²) in [6.45, 7) is 1.82. The summed E-state index contributed by atoms with van der Waals surface area (Å²) < 4.78 is 0. The largest absolute Gasteiger partial charge is 0.478 e. The molecule has 0 spiro atoms. The number of aromatic carboxylic acids is 1. The summed E-state index contributed by atoms with van der Waals surface area (Å²) in [4.78, 5) is 30.7. The number of aryl methyl sites for hydroxylation is 1. The van der Waals surface area contributed by atoms with Gasteiger partial charge in [-0.05, 0) is 24.6 Å². The van der Waals surface area contributed by atoms with Gasteiger partial charge >= 0.3 is 5.97 Å². The average molecular weight is 257 g/mol. The summed E-state index contributed by atoms with van der Waals surface area (Å²) in [5, 5.41) is 11.5. The van der Waals surface area contributed by atoms with Crippen LogP contribution in [-0.2, 0) is 0 Å². The van der Waals surface area contributed by atoms with E-state index in [0.29, 0.717) is 5.56 Å². The number of anilines is 1. The molecule has 6 heteroatoms. The number of hydrogen-bond acceptors (Lipinski definition) is 4. The molecule has 0 unspecified atom stereocenters. The second-order valence-corrected chi connectivity index (χ2v) is 3.93. The van der Waals surface area contributed by atoms with E-state index in [9.17, 15) is 9.59 Å². The first-order chi connectivity index (χ1) is 9.08. The van der Waals surface area contributed by atoms with E-state index in [4.69, 9.17) is 5.11 Å². The highest BCUT2D eigenvalue weighted by atomic mass is 16.4. The van der Waals surface area contributed by atoms with Crippen LogP contribution in [0.3, 0.4) is 0 Å². The lowest BCUT2D eigenvalue weighted by Gasteiger charge is -2.07. The molecule has 2 aromatic rings. The number of nitrogens with one attached hydrogen (secondary N) is 1. The van der Waals surface area contributed by atoms with Gasteiger partial charge < -0.3 is 10.4 Å². The molecule has 1 amide bonds. The number of nitrogens with zero attached hydrogens (tertiary/aromatic N) is 2. The molecule has 0 aliphatic rings. The average Bonchev–Trinajstić information content (AvgIpc) is 2.39. The number of hydrogen-bond donors (Lipinski definition) is 2. The van der Waals surface area contributed by atoms with Crippen LogP contribution in [0.2, 0.25) is 0 Å². The van der Waals surface area contributed by atoms with Crippen molar-refractivity contribution in [1.29, 1.82) is 0 Å². The molecule has 0 bridgehead atoms. The summed E-state index contributed by atoms with van der Waals surface area (Å²) in [6.07, 6.45) is 5.70. The Kier molecular flexibility index (Phi) is 3.51. The van der Waals surface area contributed by atoms with Crippen molar-refractivity contribution in [2.75, 3.05) is 5.32 Å². The molecule has 2 rings (SSSR count). The lowest BCUT2D eigenvalue weighted by molar-refractivity contribution is 0.0698. The van der Waals surface area contributed by atoms with E-state index in [0.717, 1.165) is 5.56 Å². The van der Waals surface area contributed by atoms with E-state index >= 15 is 0 Å². The monoisotopic (exact) mass is 257 g/mol. The Labute approximate surface area is 109 Å². The van der Waals surface area contributed by atoms with Gasteiger partial charge in [-0.25, -0.2) is 4.79 Å². The molecule has 0 aliphatic heterocycles. The molecule has 0 fully saturated rings. The minimum atomic E-state index is -1.12. The summed E-state index contributed by atoms with van der Waals surface area (Å²) in [7, 11) is 0. The highest BCUT2D eigenvalue weighted by Gasteiger charge is 2.13. The quantitative estimate of drug-likeness (QED) is 0.873. The molecule has 0 saturated heterocycles. The van der Waals surface area contributed by atoms with Crippen molar-refractivity contribution in [3.8, 4) is 0 Å². The number of pyridine rings is 2. The summed E-state index contributed by atoms with van der Waals surface area (Å²) in [5.41, 5.74) is 1.35. The van der Waals surface area contributed by atoms with Crippen LogP contribution >= 0.6 is 0 Å². The van der Waals surface area contributed by atoms with Gasteiger partial charge in [-0.2, -0.15) is 0 Å². The Morgan fingerprint density at radius 3 is 2.68 bits per heavy atom. The molecule has 0 radical (unpaired) electrons. The fourth-order valence-electron chi connectivity index (χ4n) is 1.55. The Bertz CT molecular complexity index is 641. The van der Waals surface area contributed by atoms with Crippen molar-refractivity contribution < 1.29 is 14.7 Å². The first-order valence-corrected chi connectivity index (χ1v) is 5.48. The fourth-order valence-corrected chi connectivity index (χ4v) is 1.55. The molecule has 2 heterocycles. The maximum Gasteiger partial charge on any atom is 0.337 e. The number of carbonyl (C=O) groups is 2. The van der Waals surface area contributed by atoms with Crippen LogP contribution in [0.5, 0.6) is 0 Å². The lowest BCUT2D eigenvalue weighted by atomic mass is 10.2. The molecular formula is C13H11N3O3. The second kappa shape index (κ2) is 5.26. The van der Waals surface area contributed by atoms with Gasteiger partial charge in [0.05, 0.1) is 23.0 Å². The van der Waals surface area contributed by atoms with E-state index < -0.39 is 11.9 Å². The molecule has 0 aromatic carbocycles. The van der Waals surface area contributed by atoms with Crippen LogP contribution in [0.15, 0.2) is 36.9 Å². The van der Waals surface area contributed by atoms with Gasteiger partial charge in [0.25, 0.3) is 5.91 Å². The predicted octanol–water partition coefficient (Wildman–Crippen LogP) is 1.74. The maximum atomic E-state index is 12.0. The van der Waals surface area contributed by atoms with Crippen LogP contribution in [0, 0.1) is 6.92 Å². The topological polar surface area (TPSA) is 92.2 Å². The van der Waals surface area contributed by atoms with Gasteiger partial charge in [0.2, 0.25) is 0 Å². The first-order valence-electron chi connectivity index (χ1n) is 5.48. The van der Waals surface area contributed by atoms with E-state index in [1.165, 1.54) is 24.7 Å². The van der Waals surface area contributed by atoms with E-state index in [2.05, 4.69) is 15.3 Å². The van der Waals surface area contributed by atoms with Gasteiger partial charge in [0, 0.05) is 18.6 Å². The maximum absolute atomic E-state index is 12.0. The van der Waals surface area contributed by atoms with Crippen LogP contribution in [0.25, 0.3) is 0 Å². The predicted molar refractivity (Wildman–Crippen MR) is 68.1 cm³/mol. The smallest absolute Gasteiger partial charge is 0.337 e. The molecule has 2 aromatic heterocycles. The molecular weight excluding hydrogens is 246 g/mol. The minimum Gasteiger partial charge on any atom is -0.478 e. The van der Waals surface area contributed by atoms with Crippen molar-refractivity contribution in [2.24, 2.45) is 0 Å². The molecule has 6 nitrogen and oxygen atoms in total. The zero-order valence-corrected chi connectivity index (χ0v) is 10.1. The molecule has 0 atom stereocenters. The third kappa shape index (κ3) is 2.92. The highest BCUT2D eigenvalue weighted by molar-refractivity contribution is 6.07. The van der Waals surface area contributed by atoms with Crippen molar-refractivity contribution in [2.45, 2.75) is 6.92 Å². The molecule has 19 heavy (non-hydrogen) atoms. The number of carbonyl (C=O) groups excluding carboxylic acids is 1. The van der Waals surface area contributed by atoms with Gasteiger partial charge in [-0.15, -0.1) is 0 Å². The van der Waals surface area contributed by atoms with Crippen molar-refractivity contribution in [3.05, 3.63) is 53.6 Å². The fraction of sp³-hybridized carbons (Fsp3) is 0.0769. The molecule has 96 valence electrons. The Morgan fingerprint density at radius 2 is 2.00 bits per heavy atom. The number of aromatic nitrogens is 2. The first kappa shape index (κ1) is 12.7. The van der Waals surface area contributed by atoms with Gasteiger partial charge in [0.15, 0.2) is 0 Å². The van der Waals surface area contributed by atoms with Gasteiger partial charge in [-0.1, -0.05) is 0 Å². The number of carboxylic acids is 1. The Morgan fingerprint density at radius 1 is 1.21 bits per heavy atom. The normalized spacial score (nSPS) is 9.95. The Balaban J connectivity index is 2.27. The second-order valence-electron chi connectivity index (χ2n) is 3.93. The number of amides is 1. The third-order valence-electron chi connectivity index (χ3n) is 2.44. The molecule has 2 N–H and O–H groups in total. The zero-order chi connectivity index (χ0) is 13.8. The van der Waals surface area contributed by atoms with Gasteiger partial charge in [-0.3, -0.25) is 14.8 Å². The van der Waals surface area contributed by atoms with Crippen LogP contribution in [0.1, 0.15) is 26.3 Å². The summed E-state index contributed by atoms with van der Waals surface area (Å²) >= 11 is 0. The van der Waals surface area contributed by atoms with E-state index in [1.54, 1.807) is 12.3 Å². The number of rotatable bonds is 3. The van der Waals surface area contributed by atoms with Crippen LogP contribution in [-0.4, -0.2) is 27.0 Å². The number of carboxylic acid groups (broad SMARTS) is 1. The van der Waals surface area contributed by atoms with Crippen molar-refractivity contribution in [3.63, 3.8) is 0 Å². The van der Waals surface area contributed by atoms with Crippen LogP contribution < -0.4 is 5.32 Å². The highest BCUT2D eigenvalue weighted by Crippen LogP contribution is 2.14. The summed E-state index contributed by atoms with van der Waals surface area (Å²) in [6, 6.07) is 2.99. The lowest BCUT2D eigenvalue weighted by Crippen LogP contribution is -2.15. The standard InChI is InChI=1S/C13H11N3O3/c1-8-4-9(6-15-5-8)12(17)16-11-7-14-3-2-10(11)13(18)19/h2-7H,1H3,(H,16,17)(H,18,19). The summed E-state index contributed by atoms with van der Waals surface area (Å²) in [5.74, 6) is -1.55. The molecule has 0 aliphatic carbocycles. The SMILES string of the molecule is Cc1cncc(C(=O)Nc2cnccc2C(=O)O)c1. The van der Waals surface area contributed by atoms with Gasteiger partial charge in [0.1, 0.15) is 0 Å². The van der Waals surface area contributed by atoms with Crippen molar-refractivity contribution >= 4 is 17.6 Å². The zero-order valence-electron chi connectivity index (χ0n) is 10.1. The van der Waals surface area contributed by atoms with E-state index in [-0.39, 0.29) is 11.3 Å². The van der Waals surface area contributed by atoms with Crippen LogP contribution in [0.4, 0.5) is 5.69 Å². The third-order valence-corrected chi connectivity index (χ3v) is 2.44. The van der Waals surface area contributed by atoms with E-state index in [1.807, 2.05) is 6.92 Å². The van der Waals surface area contributed by atoms with Crippen molar-refractivity contribution in [1.82, 2.24) is 9.97 Å².